The fraction of sp³-hybridized carbons (Fsp3) is 0.0952. The summed E-state index contributed by atoms with van der Waals surface area (Å²) >= 11 is 0. The molecule has 0 aliphatic carbocycles. The summed E-state index contributed by atoms with van der Waals surface area (Å²) in [6.07, 6.45) is -1.35. The Bertz CT molecular complexity index is 1080. The first kappa shape index (κ1) is 18.7. The molecule has 2 aromatic carbocycles. The number of carbonyl (C=O) groups is 1. The highest BCUT2D eigenvalue weighted by Crippen LogP contribution is 2.37. The first-order valence-electron chi connectivity index (χ1n) is 8.75. The van der Waals surface area contributed by atoms with Crippen LogP contribution in [-0.4, -0.2) is 17.1 Å². The van der Waals surface area contributed by atoms with Crippen molar-refractivity contribution in [2.45, 2.75) is 12.2 Å². The number of fused-ring (bicyclic) bond motifs is 1. The smallest absolute Gasteiger partial charge is 0.371 e. The largest absolute Gasteiger partial charge is 0.416 e. The molecular formula is C21H15F3N4O. The van der Waals surface area contributed by atoms with E-state index in [0.717, 1.165) is 12.1 Å². The maximum Gasteiger partial charge on any atom is 0.416 e. The highest BCUT2D eigenvalue weighted by atomic mass is 19.4. The van der Waals surface area contributed by atoms with Gasteiger partial charge in [0, 0.05) is 12.4 Å². The average Bonchev–Trinajstić information content (AvgIpc) is 2.73. The van der Waals surface area contributed by atoms with Crippen LogP contribution in [0.3, 0.4) is 0 Å². The van der Waals surface area contributed by atoms with Gasteiger partial charge in [-0.05, 0) is 42.0 Å². The zero-order valence-electron chi connectivity index (χ0n) is 14.9. The number of halogens is 3. The first-order valence-corrected chi connectivity index (χ1v) is 8.75. The number of hydrogen-bond acceptors (Lipinski definition) is 4. The molecule has 1 amide bonds. The summed E-state index contributed by atoms with van der Waals surface area (Å²) in [4.78, 5) is 21.1. The number of nitrogens with zero attached hydrogens (tertiary/aromatic N) is 2. The lowest BCUT2D eigenvalue weighted by atomic mass is 10.0. The minimum absolute atomic E-state index is 0.321. The van der Waals surface area contributed by atoms with Crippen molar-refractivity contribution in [3.8, 4) is 0 Å². The van der Waals surface area contributed by atoms with Gasteiger partial charge >= 0.3 is 6.18 Å². The molecule has 0 saturated carbocycles. The average molecular weight is 396 g/mol. The first-order chi connectivity index (χ1) is 13.9. The van der Waals surface area contributed by atoms with Crippen LogP contribution in [-0.2, 0) is 6.18 Å². The van der Waals surface area contributed by atoms with Gasteiger partial charge in [0.15, 0.2) is 0 Å². The fourth-order valence-corrected chi connectivity index (χ4v) is 3.03. The van der Waals surface area contributed by atoms with Crippen molar-refractivity contribution in [3.63, 3.8) is 0 Å². The van der Waals surface area contributed by atoms with Gasteiger partial charge in [-0.3, -0.25) is 9.79 Å². The number of nitrogens with one attached hydrogen (secondary N) is 2. The van der Waals surface area contributed by atoms with Crippen LogP contribution in [0.1, 0.15) is 27.5 Å². The number of para-hydroxylation sites is 1. The Labute approximate surface area is 164 Å². The van der Waals surface area contributed by atoms with E-state index in [1.54, 1.807) is 48.7 Å². The van der Waals surface area contributed by atoms with Crippen LogP contribution < -0.4 is 10.6 Å². The van der Waals surface area contributed by atoms with Gasteiger partial charge in [-0.15, -0.1) is 0 Å². The molecule has 0 fully saturated rings. The highest BCUT2D eigenvalue weighted by Gasteiger charge is 2.31. The third-order valence-corrected chi connectivity index (χ3v) is 4.43. The molecule has 1 aliphatic heterocycles. The predicted molar refractivity (Wildman–Crippen MR) is 105 cm³/mol. The maximum absolute atomic E-state index is 13.0. The van der Waals surface area contributed by atoms with E-state index in [2.05, 4.69) is 20.6 Å². The van der Waals surface area contributed by atoms with E-state index in [1.165, 1.54) is 12.3 Å². The van der Waals surface area contributed by atoms with Crippen LogP contribution in [0.5, 0.6) is 0 Å². The molecule has 29 heavy (non-hydrogen) atoms. The minimum atomic E-state index is -4.44. The minimum Gasteiger partial charge on any atom is -0.371 e. The topological polar surface area (TPSA) is 66.4 Å². The van der Waals surface area contributed by atoms with E-state index >= 15 is 0 Å². The van der Waals surface area contributed by atoms with Crippen molar-refractivity contribution >= 4 is 29.3 Å². The van der Waals surface area contributed by atoms with Crippen molar-refractivity contribution in [1.82, 2.24) is 4.98 Å². The van der Waals surface area contributed by atoms with Gasteiger partial charge in [-0.1, -0.05) is 24.3 Å². The molecule has 8 heteroatoms. The lowest BCUT2D eigenvalue weighted by molar-refractivity contribution is -0.137. The van der Waals surface area contributed by atoms with Crippen molar-refractivity contribution in [1.29, 1.82) is 0 Å². The van der Waals surface area contributed by atoms with Gasteiger partial charge in [0.05, 0.1) is 28.5 Å². The molecule has 1 atom stereocenters. The van der Waals surface area contributed by atoms with Crippen molar-refractivity contribution in [2.24, 2.45) is 4.99 Å². The second-order valence-corrected chi connectivity index (χ2v) is 6.39. The van der Waals surface area contributed by atoms with Crippen LogP contribution in [0.25, 0.3) is 0 Å². The standard InChI is InChI=1S/C21H15F3N4O/c22-21(23,24)14-6-3-5-13(11-14)17-12-26-16-8-4-7-15(19(16)27-17)20(29)28-18-9-1-2-10-25-18/h1-12,17,27H,(H,25,28,29). The van der Waals surface area contributed by atoms with Gasteiger partial charge in [0.1, 0.15) is 5.82 Å². The van der Waals surface area contributed by atoms with Gasteiger partial charge in [0.2, 0.25) is 0 Å². The molecule has 2 heterocycles. The zero-order valence-corrected chi connectivity index (χ0v) is 14.9. The number of anilines is 2. The van der Waals surface area contributed by atoms with Crippen LogP contribution in [0, 0.1) is 0 Å². The predicted octanol–water partition coefficient (Wildman–Crippen LogP) is 5.22. The number of alkyl halides is 3. The van der Waals surface area contributed by atoms with E-state index in [4.69, 9.17) is 0 Å². The molecule has 0 bridgehead atoms. The van der Waals surface area contributed by atoms with E-state index in [-0.39, 0.29) is 0 Å². The molecule has 1 aliphatic rings. The van der Waals surface area contributed by atoms with Gasteiger partial charge in [-0.2, -0.15) is 13.2 Å². The van der Waals surface area contributed by atoms with E-state index in [9.17, 15) is 18.0 Å². The summed E-state index contributed by atoms with van der Waals surface area (Å²) in [6, 6.07) is 14.6. The zero-order chi connectivity index (χ0) is 20.4. The molecule has 1 aromatic heterocycles. The second kappa shape index (κ2) is 7.38. The number of benzene rings is 2. The van der Waals surface area contributed by atoms with Crippen LogP contribution in [0.4, 0.5) is 30.4 Å². The molecule has 0 radical (unpaired) electrons. The monoisotopic (exact) mass is 396 g/mol. The van der Waals surface area contributed by atoms with Gasteiger partial charge < -0.3 is 10.6 Å². The summed E-state index contributed by atoms with van der Waals surface area (Å²) in [5.74, 6) is -0.00298. The maximum atomic E-state index is 13.0. The molecule has 3 aromatic rings. The number of aromatic nitrogens is 1. The lowest BCUT2D eigenvalue weighted by Crippen LogP contribution is -2.21. The molecule has 0 saturated heterocycles. The van der Waals surface area contributed by atoms with E-state index in [1.807, 2.05) is 0 Å². The molecule has 5 nitrogen and oxygen atoms in total. The Hall–Kier alpha value is -3.68. The number of amides is 1. The van der Waals surface area contributed by atoms with Crippen LogP contribution in [0.15, 0.2) is 71.9 Å². The lowest BCUT2D eigenvalue weighted by Gasteiger charge is -2.24. The number of hydrogen-bond donors (Lipinski definition) is 2. The van der Waals surface area contributed by atoms with Crippen molar-refractivity contribution in [3.05, 3.63) is 83.6 Å². The van der Waals surface area contributed by atoms with Crippen molar-refractivity contribution in [2.75, 3.05) is 10.6 Å². The normalized spacial score (nSPS) is 15.3. The van der Waals surface area contributed by atoms with Gasteiger partial charge in [-0.25, -0.2) is 4.98 Å². The summed E-state index contributed by atoms with van der Waals surface area (Å²) < 4.78 is 39.1. The third kappa shape index (κ3) is 3.96. The van der Waals surface area contributed by atoms with Gasteiger partial charge in [0.25, 0.3) is 5.91 Å². The third-order valence-electron chi connectivity index (χ3n) is 4.43. The molecule has 146 valence electrons. The Kier molecular flexibility index (Phi) is 4.75. The Balaban J connectivity index is 1.63. The van der Waals surface area contributed by atoms with E-state index < -0.39 is 23.7 Å². The Morgan fingerprint density at radius 2 is 1.86 bits per heavy atom. The van der Waals surface area contributed by atoms with Crippen LogP contribution >= 0.6 is 0 Å². The number of carbonyl (C=O) groups excluding carboxylic acids is 1. The summed E-state index contributed by atoms with van der Waals surface area (Å²) in [7, 11) is 0. The number of rotatable bonds is 3. The SMILES string of the molecule is O=C(Nc1ccccn1)c1cccc2c1NC(c1cccc(C(F)(F)F)c1)C=N2. The summed E-state index contributed by atoms with van der Waals surface area (Å²) in [5, 5.41) is 5.83. The molecular weight excluding hydrogens is 381 g/mol. The van der Waals surface area contributed by atoms with Crippen molar-refractivity contribution < 1.29 is 18.0 Å². The second-order valence-electron chi connectivity index (χ2n) is 6.39. The fourth-order valence-electron chi connectivity index (χ4n) is 3.03. The van der Waals surface area contributed by atoms with Crippen LogP contribution in [0.2, 0.25) is 0 Å². The molecule has 2 N–H and O–H groups in total. The number of aliphatic imine (C=N–C) groups is 1. The Morgan fingerprint density at radius 1 is 1.03 bits per heavy atom. The summed E-state index contributed by atoms with van der Waals surface area (Å²) in [5.41, 5.74) is 0.959. The molecule has 1 unspecified atom stereocenters. The summed E-state index contributed by atoms with van der Waals surface area (Å²) in [6.45, 7) is 0. The highest BCUT2D eigenvalue weighted by molar-refractivity contribution is 6.10. The molecule has 4 rings (SSSR count). The Morgan fingerprint density at radius 3 is 2.62 bits per heavy atom. The number of pyridine rings is 1. The van der Waals surface area contributed by atoms with E-state index in [0.29, 0.717) is 28.3 Å². The quantitative estimate of drug-likeness (QED) is 0.638. The molecule has 0 spiro atoms.